The number of H-pyrrole nitrogens is 1. The number of nitrogens with zero attached hydrogens (tertiary/aromatic N) is 1. The highest BCUT2D eigenvalue weighted by Crippen LogP contribution is 2.20. The minimum Gasteiger partial charge on any atom is -0.392 e. The third kappa shape index (κ3) is 3.25. The summed E-state index contributed by atoms with van der Waals surface area (Å²) in [4.78, 5) is 29.6. The minimum absolute atomic E-state index is 0.0714. The number of carbonyl (C=O) groups excluding carboxylic acids is 1. The van der Waals surface area contributed by atoms with Crippen molar-refractivity contribution in [3.8, 4) is 0 Å². The number of aliphatic hydroxyl groups excluding tert-OH is 1. The molecule has 0 saturated carbocycles. The molecule has 0 atom stereocenters. The molecule has 3 rings (SSSR count). The predicted molar refractivity (Wildman–Crippen MR) is 99.2 cm³/mol. The Bertz CT molecular complexity index is 975. The standard InChI is InChI=1S/C19H19N3O3/c1-22(2)13-9-7-12(8-10-13)20-18(24)17-15(11-23)14-5-3-4-6-16(14)21-19(17)25/h3-10,23H,11H2,1-2H3,(H,20,24)(H,21,25). The molecular formula is C19H19N3O3. The first kappa shape index (κ1) is 16.7. The first-order valence-corrected chi connectivity index (χ1v) is 7.84. The molecule has 0 spiro atoms. The number of benzene rings is 2. The lowest BCUT2D eigenvalue weighted by atomic mass is 10.0. The van der Waals surface area contributed by atoms with Gasteiger partial charge in [0.05, 0.1) is 6.61 Å². The predicted octanol–water partition coefficient (Wildman–Crippen LogP) is 2.34. The maximum Gasteiger partial charge on any atom is 0.261 e. The summed E-state index contributed by atoms with van der Waals surface area (Å²) in [5, 5.41) is 13.1. The Morgan fingerprint density at radius 2 is 1.80 bits per heavy atom. The summed E-state index contributed by atoms with van der Waals surface area (Å²) in [5.74, 6) is -0.548. The minimum atomic E-state index is -0.548. The normalized spacial score (nSPS) is 10.7. The second-order valence-corrected chi connectivity index (χ2v) is 5.91. The molecule has 0 aliphatic heterocycles. The largest absolute Gasteiger partial charge is 0.392 e. The Labute approximate surface area is 144 Å². The van der Waals surface area contributed by atoms with Gasteiger partial charge in [0.15, 0.2) is 0 Å². The zero-order valence-corrected chi connectivity index (χ0v) is 14.0. The maximum atomic E-state index is 12.6. The number of hydrogen-bond donors (Lipinski definition) is 3. The molecule has 3 N–H and O–H groups in total. The molecule has 2 aromatic carbocycles. The Hall–Kier alpha value is -3.12. The van der Waals surface area contributed by atoms with Crippen LogP contribution < -0.4 is 15.8 Å². The molecule has 1 aromatic heterocycles. The Morgan fingerprint density at radius 3 is 2.44 bits per heavy atom. The van der Waals surface area contributed by atoms with Crippen molar-refractivity contribution in [2.75, 3.05) is 24.3 Å². The van der Waals surface area contributed by atoms with Crippen LogP contribution in [-0.4, -0.2) is 30.1 Å². The fourth-order valence-corrected chi connectivity index (χ4v) is 2.75. The molecule has 6 nitrogen and oxygen atoms in total. The van der Waals surface area contributed by atoms with E-state index in [4.69, 9.17) is 0 Å². The van der Waals surface area contributed by atoms with Gasteiger partial charge in [0.1, 0.15) is 5.56 Å². The van der Waals surface area contributed by atoms with E-state index in [2.05, 4.69) is 10.3 Å². The first-order valence-electron chi connectivity index (χ1n) is 7.84. The molecule has 1 amide bonds. The molecule has 0 unspecified atom stereocenters. The van der Waals surface area contributed by atoms with Crippen molar-refractivity contribution in [3.05, 3.63) is 70.0 Å². The maximum absolute atomic E-state index is 12.6. The Morgan fingerprint density at radius 1 is 1.12 bits per heavy atom. The summed E-state index contributed by atoms with van der Waals surface area (Å²) in [6, 6.07) is 14.3. The number of nitrogens with one attached hydrogen (secondary N) is 2. The number of pyridine rings is 1. The van der Waals surface area contributed by atoms with Crippen LogP contribution in [0.3, 0.4) is 0 Å². The SMILES string of the molecule is CN(C)c1ccc(NC(=O)c2c(CO)c3ccccc3[nH]c2=O)cc1. The fourth-order valence-electron chi connectivity index (χ4n) is 2.75. The molecule has 128 valence electrons. The number of amides is 1. The summed E-state index contributed by atoms with van der Waals surface area (Å²) in [5.41, 5.74) is 1.89. The summed E-state index contributed by atoms with van der Waals surface area (Å²) < 4.78 is 0. The molecular weight excluding hydrogens is 318 g/mol. The van der Waals surface area contributed by atoms with Crippen LogP contribution in [0, 0.1) is 0 Å². The molecule has 0 aliphatic rings. The number of aromatic amines is 1. The van der Waals surface area contributed by atoms with Gasteiger partial charge in [0.2, 0.25) is 0 Å². The van der Waals surface area contributed by atoms with E-state index in [9.17, 15) is 14.7 Å². The molecule has 0 aliphatic carbocycles. The van der Waals surface area contributed by atoms with Crippen LogP contribution in [0.1, 0.15) is 15.9 Å². The lowest BCUT2D eigenvalue weighted by molar-refractivity contribution is 0.102. The highest BCUT2D eigenvalue weighted by molar-refractivity contribution is 6.07. The highest BCUT2D eigenvalue weighted by Gasteiger charge is 2.19. The topological polar surface area (TPSA) is 85.4 Å². The summed E-state index contributed by atoms with van der Waals surface area (Å²) in [6.07, 6.45) is 0. The van der Waals surface area contributed by atoms with E-state index >= 15 is 0 Å². The Kier molecular flexibility index (Phi) is 4.54. The molecule has 1 heterocycles. The van der Waals surface area contributed by atoms with Crippen molar-refractivity contribution in [2.45, 2.75) is 6.61 Å². The number of fused-ring (bicyclic) bond motifs is 1. The van der Waals surface area contributed by atoms with Crippen LogP contribution in [0.5, 0.6) is 0 Å². The van der Waals surface area contributed by atoms with Crippen LogP contribution in [0.25, 0.3) is 10.9 Å². The van der Waals surface area contributed by atoms with E-state index in [1.807, 2.05) is 31.1 Å². The number of rotatable bonds is 4. The first-order chi connectivity index (χ1) is 12.0. The number of hydrogen-bond acceptors (Lipinski definition) is 4. The van der Waals surface area contributed by atoms with Gasteiger partial charge in [0.25, 0.3) is 11.5 Å². The number of aliphatic hydroxyl groups is 1. The van der Waals surface area contributed by atoms with E-state index in [0.29, 0.717) is 22.2 Å². The van der Waals surface area contributed by atoms with Crippen molar-refractivity contribution in [1.29, 1.82) is 0 Å². The van der Waals surface area contributed by atoms with Crippen molar-refractivity contribution >= 4 is 28.2 Å². The average Bonchev–Trinajstić information content (AvgIpc) is 2.60. The van der Waals surface area contributed by atoms with Crippen molar-refractivity contribution in [3.63, 3.8) is 0 Å². The van der Waals surface area contributed by atoms with E-state index in [1.165, 1.54) is 0 Å². The molecule has 3 aromatic rings. The van der Waals surface area contributed by atoms with Crippen molar-refractivity contribution < 1.29 is 9.90 Å². The van der Waals surface area contributed by atoms with Gasteiger partial charge in [-0.1, -0.05) is 18.2 Å². The highest BCUT2D eigenvalue weighted by atomic mass is 16.3. The number of para-hydroxylation sites is 1. The van der Waals surface area contributed by atoms with E-state index in [-0.39, 0.29) is 5.56 Å². The van der Waals surface area contributed by atoms with Crippen LogP contribution in [0.2, 0.25) is 0 Å². The van der Waals surface area contributed by atoms with Crippen LogP contribution in [0.4, 0.5) is 11.4 Å². The molecule has 25 heavy (non-hydrogen) atoms. The van der Waals surface area contributed by atoms with Crippen LogP contribution in [-0.2, 0) is 6.61 Å². The van der Waals surface area contributed by atoms with Gasteiger partial charge < -0.3 is 20.3 Å². The lowest BCUT2D eigenvalue weighted by Gasteiger charge is -2.14. The van der Waals surface area contributed by atoms with E-state index < -0.39 is 18.1 Å². The number of anilines is 2. The zero-order valence-electron chi connectivity index (χ0n) is 14.0. The lowest BCUT2D eigenvalue weighted by Crippen LogP contribution is -2.26. The summed E-state index contributed by atoms with van der Waals surface area (Å²) >= 11 is 0. The molecule has 0 saturated heterocycles. The quantitative estimate of drug-likeness (QED) is 0.682. The second kappa shape index (κ2) is 6.78. The number of aromatic nitrogens is 1. The van der Waals surface area contributed by atoms with Crippen molar-refractivity contribution in [1.82, 2.24) is 4.98 Å². The van der Waals surface area contributed by atoms with Crippen LogP contribution in [0.15, 0.2) is 53.3 Å². The third-order valence-corrected chi connectivity index (χ3v) is 4.06. The van der Waals surface area contributed by atoms with Gasteiger partial charge in [-0.15, -0.1) is 0 Å². The van der Waals surface area contributed by atoms with E-state index in [1.54, 1.807) is 36.4 Å². The van der Waals surface area contributed by atoms with Gasteiger partial charge in [-0.2, -0.15) is 0 Å². The van der Waals surface area contributed by atoms with Crippen molar-refractivity contribution in [2.24, 2.45) is 0 Å². The second-order valence-electron chi connectivity index (χ2n) is 5.91. The third-order valence-electron chi connectivity index (χ3n) is 4.06. The number of carbonyl (C=O) groups is 1. The smallest absolute Gasteiger partial charge is 0.261 e. The Balaban J connectivity index is 1.99. The van der Waals surface area contributed by atoms with Crippen LogP contribution >= 0.6 is 0 Å². The molecule has 0 bridgehead atoms. The van der Waals surface area contributed by atoms with Gasteiger partial charge >= 0.3 is 0 Å². The monoisotopic (exact) mass is 337 g/mol. The van der Waals surface area contributed by atoms with E-state index in [0.717, 1.165) is 5.69 Å². The summed E-state index contributed by atoms with van der Waals surface area (Å²) in [7, 11) is 3.85. The van der Waals surface area contributed by atoms with Gasteiger partial charge in [-0.05, 0) is 30.3 Å². The molecule has 0 radical (unpaired) electrons. The van der Waals surface area contributed by atoms with Gasteiger partial charge in [0, 0.05) is 41.9 Å². The zero-order chi connectivity index (χ0) is 18.0. The van der Waals surface area contributed by atoms with Gasteiger partial charge in [-0.3, -0.25) is 9.59 Å². The summed E-state index contributed by atoms with van der Waals surface area (Å²) in [6.45, 7) is -0.396. The average molecular weight is 337 g/mol. The molecule has 0 fully saturated rings. The molecule has 6 heteroatoms. The van der Waals surface area contributed by atoms with Gasteiger partial charge in [-0.25, -0.2) is 0 Å². The fraction of sp³-hybridized carbons (Fsp3) is 0.158.